The average Bonchev–Trinajstić information content (AvgIpc) is 2.86. The van der Waals surface area contributed by atoms with Gasteiger partial charge in [0.05, 0.1) is 18.7 Å². The van der Waals surface area contributed by atoms with Gasteiger partial charge in [-0.3, -0.25) is 4.79 Å². The van der Waals surface area contributed by atoms with Crippen LogP contribution in [0.25, 0.3) is 0 Å². The van der Waals surface area contributed by atoms with Crippen LogP contribution >= 0.6 is 11.3 Å². The van der Waals surface area contributed by atoms with Gasteiger partial charge in [0.25, 0.3) is 0 Å². The smallest absolute Gasteiger partial charge is 0.311 e. The van der Waals surface area contributed by atoms with Crippen LogP contribution < -0.4 is 5.32 Å². The fraction of sp³-hybridized carbons (Fsp3) is 0.333. The van der Waals surface area contributed by atoms with Gasteiger partial charge >= 0.3 is 5.97 Å². The summed E-state index contributed by atoms with van der Waals surface area (Å²) in [5, 5.41) is 5.97. The lowest BCUT2D eigenvalue weighted by Gasteiger charge is -2.03. The monoisotopic (exact) mass is 290 g/mol. The van der Waals surface area contributed by atoms with Gasteiger partial charge in [0.1, 0.15) is 0 Å². The third kappa shape index (κ3) is 4.35. The maximum Gasteiger partial charge on any atom is 0.311 e. The number of anilines is 1. The molecule has 0 aliphatic carbocycles. The summed E-state index contributed by atoms with van der Waals surface area (Å²) in [6.45, 7) is 5.00. The Morgan fingerprint density at radius 2 is 2.10 bits per heavy atom. The van der Waals surface area contributed by atoms with Crippen molar-refractivity contribution in [1.82, 2.24) is 4.98 Å². The maximum absolute atomic E-state index is 11.4. The lowest BCUT2D eigenvalue weighted by molar-refractivity contribution is -0.142. The Morgan fingerprint density at radius 1 is 1.35 bits per heavy atom. The van der Waals surface area contributed by atoms with Crippen molar-refractivity contribution >= 4 is 22.4 Å². The number of aryl methyl sites for hydroxylation is 1. The van der Waals surface area contributed by atoms with E-state index in [1.54, 1.807) is 6.92 Å². The topological polar surface area (TPSA) is 51.2 Å². The first kappa shape index (κ1) is 14.5. The predicted octanol–water partition coefficient (Wildman–Crippen LogP) is 3.17. The third-order valence-corrected chi connectivity index (χ3v) is 3.60. The van der Waals surface area contributed by atoms with Crippen molar-refractivity contribution in [3.8, 4) is 0 Å². The fourth-order valence-electron chi connectivity index (χ4n) is 1.71. The number of rotatable bonds is 6. The zero-order valence-electron chi connectivity index (χ0n) is 11.7. The van der Waals surface area contributed by atoms with Crippen molar-refractivity contribution in [2.45, 2.75) is 26.8 Å². The number of carbonyl (C=O) groups excluding carboxylic acids is 1. The summed E-state index contributed by atoms with van der Waals surface area (Å²) in [6.07, 6.45) is 0.233. The summed E-state index contributed by atoms with van der Waals surface area (Å²) < 4.78 is 4.90. The molecule has 0 saturated heterocycles. The number of ether oxygens (including phenoxy) is 1. The first-order valence-electron chi connectivity index (χ1n) is 6.57. The molecule has 0 amide bonds. The highest BCUT2D eigenvalue weighted by Gasteiger charge is 2.08. The highest BCUT2D eigenvalue weighted by Crippen LogP contribution is 2.17. The quantitative estimate of drug-likeness (QED) is 0.830. The number of benzene rings is 1. The third-order valence-electron chi connectivity index (χ3n) is 2.75. The molecular formula is C15H18N2O2S. The van der Waals surface area contributed by atoms with E-state index in [0.717, 1.165) is 17.4 Å². The van der Waals surface area contributed by atoms with Gasteiger partial charge in [-0.25, -0.2) is 4.98 Å². The van der Waals surface area contributed by atoms with Gasteiger partial charge in [0, 0.05) is 11.9 Å². The highest BCUT2D eigenvalue weighted by atomic mass is 32.1. The Labute approximate surface area is 122 Å². The molecule has 20 heavy (non-hydrogen) atoms. The SMILES string of the molecule is CCOC(=O)Cc1csc(NCc2ccc(C)cc2)n1. The van der Waals surface area contributed by atoms with Crippen LogP contribution in [0.2, 0.25) is 0 Å². The van der Waals surface area contributed by atoms with Gasteiger partial charge in [-0.15, -0.1) is 11.3 Å². The number of hydrogen-bond acceptors (Lipinski definition) is 5. The summed E-state index contributed by atoms with van der Waals surface area (Å²) in [4.78, 5) is 15.7. The van der Waals surface area contributed by atoms with Crippen molar-refractivity contribution in [2.75, 3.05) is 11.9 Å². The van der Waals surface area contributed by atoms with Crippen molar-refractivity contribution in [1.29, 1.82) is 0 Å². The number of thiazole rings is 1. The Balaban J connectivity index is 1.86. The van der Waals surface area contributed by atoms with E-state index in [2.05, 4.69) is 41.5 Å². The van der Waals surface area contributed by atoms with E-state index in [-0.39, 0.29) is 12.4 Å². The minimum absolute atomic E-state index is 0.233. The Bertz CT molecular complexity index is 564. The molecule has 0 aliphatic heterocycles. The number of aromatic nitrogens is 1. The van der Waals surface area contributed by atoms with Gasteiger partial charge in [-0.05, 0) is 19.4 Å². The first-order valence-corrected chi connectivity index (χ1v) is 7.44. The van der Waals surface area contributed by atoms with E-state index in [9.17, 15) is 4.79 Å². The number of nitrogens with zero attached hydrogens (tertiary/aromatic N) is 1. The predicted molar refractivity (Wildman–Crippen MR) is 81.0 cm³/mol. The number of hydrogen-bond donors (Lipinski definition) is 1. The molecule has 0 atom stereocenters. The van der Waals surface area contributed by atoms with Crippen LogP contribution in [0, 0.1) is 6.92 Å². The van der Waals surface area contributed by atoms with Gasteiger partial charge in [-0.1, -0.05) is 29.8 Å². The van der Waals surface area contributed by atoms with Gasteiger partial charge in [0.15, 0.2) is 5.13 Å². The van der Waals surface area contributed by atoms with Crippen LogP contribution in [0.5, 0.6) is 0 Å². The number of carbonyl (C=O) groups is 1. The van der Waals surface area contributed by atoms with Crippen LogP contribution in [-0.4, -0.2) is 17.6 Å². The second kappa shape index (κ2) is 7.05. The summed E-state index contributed by atoms with van der Waals surface area (Å²) in [7, 11) is 0. The summed E-state index contributed by atoms with van der Waals surface area (Å²) in [6, 6.07) is 8.36. The molecule has 0 fully saturated rings. The molecule has 106 valence electrons. The lowest BCUT2D eigenvalue weighted by Crippen LogP contribution is -2.07. The van der Waals surface area contributed by atoms with Crippen molar-refractivity contribution in [3.05, 3.63) is 46.5 Å². The Morgan fingerprint density at radius 3 is 2.80 bits per heavy atom. The van der Waals surface area contributed by atoms with Crippen molar-refractivity contribution in [2.24, 2.45) is 0 Å². The molecule has 0 bridgehead atoms. The molecule has 0 unspecified atom stereocenters. The van der Waals surface area contributed by atoms with E-state index >= 15 is 0 Å². The molecule has 0 spiro atoms. The molecule has 5 heteroatoms. The van der Waals surface area contributed by atoms with Gasteiger partial charge < -0.3 is 10.1 Å². The fourth-order valence-corrected chi connectivity index (χ4v) is 2.42. The normalized spacial score (nSPS) is 10.3. The lowest BCUT2D eigenvalue weighted by atomic mass is 10.1. The molecule has 1 N–H and O–H groups in total. The largest absolute Gasteiger partial charge is 0.466 e. The number of nitrogens with one attached hydrogen (secondary N) is 1. The second-order valence-electron chi connectivity index (χ2n) is 4.46. The second-order valence-corrected chi connectivity index (χ2v) is 5.32. The van der Waals surface area contributed by atoms with Gasteiger partial charge in [0.2, 0.25) is 0 Å². The van der Waals surface area contributed by atoms with E-state index in [0.29, 0.717) is 6.61 Å². The van der Waals surface area contributed by atoms with E-state index in [1.807, 2.05) is 5.38 Å². The zero-order valence-corrected chi connectivity index (χ0v) is 12.5. The first-order chi connectivity index (χ1) is 9.67. The maximum atomic E-state index is 11.4. The molecule has 2 rings (SSSR count). The van der Waals surface area contributed by atoms with Crippen LogP contribution in [-0.2, 0) is 22.5 Å². The van der Waals surface area contributed by atoms with E-state index < -0.39 is 0 Å². The van der Waals surface area contributed by atoms with Crippen LogP contribution in [0.4, 0.5) is 5.13 Å². The van der Waals surface area contributed by atoms with E-state index in [4.69, 9.17) is 4.74 Å². The molecule has 0 radical (unpaired) electrons. The summed E-state index contributed by atoms with van der Waals surface area (Å²) >= 11 is 1.50. The van der Waals surface area contributed by atoms with Crippen molar-refractivity contribution in [3.63, 3.8) is 0 Å². The molecular weight excluding hydrogens is 272 g/mol. The molecule has 2 aromatic rings. The average molecular weight is 290 g/mol. The minimum Gasteiger partial charge on any atom is -0.466 e. The molecule has 4 nitrogen and oxygen atoms in total. The molecule has 1 heterocycles. The number of esters is 1. The molecule has 1 aromatic heterocycles. The van der Waals surface area contributed by atoms with Crippen LogP contribution in [0.3, 0.4) is 0 Å². The molecule has 0 saturated carbocycles. The Kier molecular flexibility index (Phi) is 5.12. The summed E-state index contributed by atoms with van der Waals surface area (Å²) in [5.41, 5.74) is 3.21. The highest BCUT2D eigenvalue weighted by molar-refractivity contribution is 7.13. The summed E-state index contributed by atoms with van der Waals surface area (Å²) in [5.74, 6) is -0.233. The van der Waals surface area contributed by atoms with Crippen LogP contribution in [0.1, 0.15) is 23.7 Å². The molecule has 1 aromatic carbocycles. The van der Waals surface area contributed by atoms with E-state index in [1.165, 1.54) is 22.5 Å². The minimum atomic E-state index is -0.233. The van der Waals surface area contributed by atoms with Crippen LogP contribution in [0.15, 0.2) is 29.6 Å². The van der Waals surface area contributed by atoms with Gasteiger partial charge in [-0.2, -0.15) is 0 Å². The zero-order chi connectivity index (χ0) is 14.4. The Hall–Kier alpha value is -1.88. The van der Waals surface area contributed by atoms with Crippen molar-refractivity contribution < 1.29 is 9.53 Å². The molecule has 0 aliphatic rings. The standard InChI is InChI=1S/C15H18N2O2S/c1-3-19-14(18)8-13-10-20-15(17-13)16-9-12-6-4-11(2)5-7-12/h4-7,10H,3,8-9H2,1-2H3,(H,16,17).